The maximum absolute atomic E-state index is 12.6. The lowest BCUT2D eigenvalue weighted by Crippen LogP contribution is -2.33. The number of aryl methyl sites for hydroxylation is 3. The third-order valence-corrected chi connectivity index (χ3v) is 3.96. The second kappa shape index (κ2) is 7.76. The first kappa shape index (κ1) is 20.4. The van der Waals surface area contributed by atoms with Crippen LogP contribution in [0, 0.1) is 24.0 Å². The fourth-order valence-electron chi connectivity index (χ4n) is 2.53. The Bertz CT molecular complexity index is 842. The molecule has 1 N–H and O–H groups in total. The number of amides is 1. The number of nitrogens with zero attached hydrogens (tertiary/aromatic N) is 5. The second-order valence-corrected chi connectivity index (χ2v) is 6.06. The second-order valence-electron chi connectivity index (χ2n) is 6.06. The van der Waals surface area contributed by atoms with Gasteiger partial charge in [0.05, 0.1) is 16.9 Å². The van der Waals surface area contributed by atoms with Gasteiger partial charge in [-0.15, -0.1) is 0 Å². The number of halogens is 3. The van der Waals surface area contributed by atoms with Gasteiger partial charge in [0.15, 0.2) is 5.69 Å². The summed E-state index contributed by atoms with van der Waals surface area (Å²) in [4.78, 5) is 22.3. The van der Waals surface area contributed by atoms with E-state index in [4.69, 9.17) is 0 Å². The van der Waals surface area contributed by atoms with E-state index < -0.39 is 28.7 Å². The van der Waals surface area contributed by atoms with E-state index in [1.54, 1.807) is 13.8 Å². The van der Waals surface area contributed by atoms with Gasteiger partial charge in [0.25, 0.3) is 0 Å². The minimum absolute atomic E-state index is 0.211. The van der Waals surface area contributed by atoms with E-state index in [1.807, 2.05) is 0 Å². The Morgan fingerprint density at radius 1 is 1.30 bits per heavy atom. The molecule has 2 aromatic heterocycles. The van der Waals surface area contributed by atoms with Gasteiger partial charge in [-0.25, -0.2) is 0 Å². The van der Waals surface area contributed by atoms with Crippen LogP contribution in [0.25, 0.3) is 0 Å². The minimum atomic E-state index is -4.50. The van der Waals surface area contributed by atoms with Crippen LogP contribution in [0.2, 0.25) is 0 Å². The van der Waals surface area contributed by atoms with E-state index in [9.17, 15) is 28.1 Å². The Morgan fingerprint density at radius 3 is 2.48 bits per heavy atom. The van der Waals surface area contributed by atoms with Gasteiger partial charge >= 0.3 is 12.0 Å². The van der Waals surface area contributed by atoms with Crippen LogP contribution < -0.4 is 5.32 Å². The van der Waals surface area contributed by atoms with Gasteiger partial charge in [0.2, 0.25) is 5.91 Å². The van der Waals surface area contributed by atoms with Crippen LogP contribution in [0.15, 0.2) is 12.1 Å². The Hall–Kier alpha value is -2.92. The van der Waals surface area contributed by atoms with Gasteiger partial charge in [0, 0.05) is 18.8 Å². The number of aromatic nitrogens is 4. The molecule has 0 fully saturated rings. The molecule has 0 aromatic carbocycles. The molecular weight excluding hydrogens is 369 g/mol. The molecule has 148 valence electrons. The summed E-state index contributed by atoms with van der Waals surface area (Å²) < 4.78 is 40.4. The Labute approximate surface area is 152 Å². The van der Waals surface area contributed by atoms with Crippen molar-refractivity contribution in [3.8, 4) is 0 Å². The molecule has 1 atom stereocenters. The summed E-state index contributed by atoms with van der Waals surface area (Å²) in [6, 6.07) is 1.47. The number of carbonyl (C=O) groups is 1. The van der Waals surface area contributed by atoms with Crippen LogP contribution in [0.4, 0.5) is 19.0 Å². The SMILES string of the molecule is Cc1cc(C(F)(F)F)nn1CCCNC(=O)C(C)n1nc([N+](=O)[O-])cc1C. The Balaban J connectivity index is 1.88. The van der Waals surface area contributed by atoms with Crippen LogP contribution >= 0.6 is 0 Å². The van der Waals surface area contributed by atoms with Crippen molar-refractivity contribution in [2.75, 3.05) is 6.54 Å². The average molecular weight is 388 g/mol. The van der Waals surface area contributed by atoms with E-state index >= 15 is 0 Å². The normalized spacial score (nSPS) is 12.8. The van der Waals surface area contributed by atoms with Gasteiger partial charge < -0.3 is 15.4 Å². The van der Waals surface area contributed by atoms with Crippen molar-refractivity contribution >= 4 is 11.7 Å². The Morgan fingerprint density at radius 2 is 1.96 bits per heavy atom. The standard InChI is InChI=1S/C15H19F3N6O3/c1-9-7-12(15(16,17)18)20-22(9)6-4-5-19-14(25)11(3)23-10(2)8-13(21-23)24(26)27/h7-8,11H,4-6H2,1-3H3,(H,19,25). The highest BCUT2D eigenvalue weighted by Gasteiger charge is 2.34. The van der Waals surface area contributed by atoms with E-state index in [2.05, 4.69) is 15.5 Å². The molecule has 2 heterocycles. The highest BCUT2D eigenvalue weighted by molar-refractivity contribution is 5.79. The molecule has 0 radical (unpaired) electrons. The van der Waals surface area contributed by atoms with Gasteiger partial charge in [-0.3, -0.25) is 9.48 Å². The van der Waals surface area contributed by atoms with Crippen LogP contribution in [-0.4, -0.2) is 36.9 Å². The molecule has 2 rings (SSSR count). The lowest BCUT2D eigenvalue weighted by atomic mass is 10.3. The van der Waals surface area contributed by atoms with Gasteiger partial charge in [0.1, 0.15) is 6.04 Å². The molecule has 0 spiro atoms. The molecule has 1 unspecified atom stereocenters. The molecule has 0 saturated heterocycles. The molecule has 27 heavy (non-hydrogen) atoms. The summed E-state index contributed by atoms with van der Waals surface area (Å²) in [6.07, 6.45) is -4.12. The minimum Gasteiger partial charge on any atom is -0.358 e. The maximum Gasteiger partial charge on any atom is 0.435 e. The lowest BCUT2D eigenvalue weighted by molar-refractivity contribution is -0.389. The Kier molecular flexibility index (Phi) is 5.86. The van der Waals surface area contributed by atoms with Crippen LogP contribution in [0.1, 0.15) is 36.5 Å². The van der Waals surface area contributed by atoms with Crippen molar-refractivity contribution in [2.45, 2.75) is 46.0 Å². The molecular formula is C15H19F3N6O3. The highest BCUT2D eigenvalue weighted by atomic mass is 19.4. The zero-order chi connectivity index (χ0) is 20.4. The summed E-state index contributed by atoms with van der Waals surface area (Å²) in [6.45, 7) is 5.10. The zero-order valence-corrected chi connectivity index (χ0v) is 14.9. The molecule has 0 saturated carbocycles. The summed E-state index contributed by atoms with van der Waals surface area (Å²) in [5.74, 6) is -0.744. The largest absolute Gasteiger partial charge is 0.435 e. The van der Waals surface area contributed by atoms with Crippen LogP contribution in [-0.2, 0) is 17.5 Å². The molecule has 2 aromatic rings. The molecule has 12 heteroatoms. The monoisotopic (exact) mass is 388 g/mol. The number of rotatable bonds is 7. The fourth-order valence-corrected chi connectivity index (χ4v) is 2.53. The van der Waals surface area contributed by atoms with Crippen LogP contribution in [0.3, 0.4) is 0 Å². The summed E-state index contributed by atoms with van der Waals surface area (Å²) in [5.41, 5.74) is -0.105. The molecule has 0 aliphatic rings. The predicted octanol–water partition coefficient (Wildman–Crippen LogP) is 2.39. The number of carbonyl (C=O) groups excluding carboxylic acids is 1. The molecule has 0 aliphatic carbocycles. The number of nitrogens with one attached hydrogen (secondary N) is 1. The summed E-state index contributed by atoms with van der Waals surface area (Å²) in [5, 5.41) is 20.7. The van der Waals surface area contributed by atoms with E-state index in [-0.39, 0.29) is 18.9 Å². The first-order valence-electron chi connectivity index (χ1n) is 8.10. The fraction of sp³-hybridized carbons (Fsp3) is 0.533. The number of hydrogen-bond donors (Lipinski definition) is 1. The highest BCUT2D eigenvalue weighted by Crippen LogP contribution is 2.28. The van der Waals surface area contributed by atoms with E-state index in [1.165, 1.54) is 22.4 Å². The average Bonchev–Trinajstić information content (AvgIpc) is 3.13. The molecule has 0 aliphatic heterocycles. The summed E-state index contributed by atoms with van der Waals surface area (Å²) >= 11 is 0. The topological polar surface area (TPSA) is 108 Å². The third kappa shape index (κ3) is 4.83. The van der Waals surface area contributed by atoms with Crippen molar-refractivity contribution in [3.05, 3.63) is 39.3 Å². The van der Waals surface area contributed by atoms with Crippen LogP contribution in [0.5, 0.6) is 0 Å². The lowest BCUT2D eigenvalue weighted by Gasteiger charge is -2.11. The maximum atomic E-state index is 12.6. The van der Waals surface area contributed by atoms with Gasteiger partial charge in [-0.05, 0) is 38.2 Å². The van der Waals surface area contributed by atoms with E-state index in [0.29, 0.717) is 17.8 Å². The molecule has 0 bridgehead atoms. The van der Waals surface area contributed by atoms with Crippen molar-refractivity contribution in [1.82, 2.24) is 24.9 Å². The zero-order valence-electron chi connectivity index (χ0n) is 14.9. The van der Waals surface area contributed by atoms with Crippen molar-refractivity contribution in [3.63, 3.8) is 0 Å². The molecule has 9 nitrogen and oxygen atoms in total. The third-order valence-electron chi connectivity index (χ3n) is 3.96. The predicted molar refractivity (Wildman–Crippen MR) is 87.9 cm³/mol. The molecule has 1 amide bonds. The van der Waals surface area contributed by atoms with Gasteiger partial charge in [-0.1, -0.05) is 0 Å². The number of hydrogen-bond acceptors (Lipinski definition) is 5. The van der Waals surface area contributed by atoms with Gasteiger partial charge in [-0.2, -0.15) is 23.0 Å². The first-order valence-corrected chi connectivity index (χ1v) is 8.10. The van der Waals surface area contributed by atoms with Crippen molar-refractivity contribution in [2.24, 2.45) is 0 Å². The number of nitro groups is 1. The van der Waals surface area contributed by atoms with E-state index in [0.717, 1.165) is 6.07 Å². The first-order chi connectivity index (χ1) is 12.5. The van der Waals surface area contributed by atoms with Crippen molar-refractivity contribution in [1.29, 1.82) is 0 Å². The smallest absolute Gasteiger partial charge is 0.358 e. The quantitative estimate of drug-likeness (QED) is 0.445. The summed E-state index contributed by atoms with van der Waals surface area (Å²) in [7, 11) is 0. The van der Waals surface area contributed by atoms with Crippen molar-refractivity contribution < 1.29 is 22.9 Å². The number of alkyl halides is 3.